The summed E-state index contributed by atoms with van der Waals surface area (Å²) < 4.78 is 37.3. The first-order valence-corrected chi connectivity index (χ1v) is 10.2. The largest absolute Gasteiger partial charge is 0.378 e. The molecule has 1 atom stereocenters. The van der Waals surface area contributed by atoms with Crippen molar-refractivity contribution in [1.29, 1.82) is 0 Å². The summed E-state index contributed by atoms with van der Waals surface area (Å²) in [7, 11) is -1.59. The van der Waals surface area contributed by atoms with E-state index in [9.17, 15) is 8.42 Å². The van der Waals surface area contributed by atoms with Crippen molar-refractivity contribution in [3.05, 3.63) is 17.0 Å². The maximum Gasteiger partial charge on any atom is 0.282 e. The fraction of sp³-hybridized carbons (Fsp3) is 0.812. The van der Waals surface area contributed by atoms with Gasteiger partial charge in [0, 0.05) is 37.9 Å². The monoisotopic (exact) mass is 356 g/mol. The smallest absolute Gasteiger partial charge is 0.282 e. The van der Waals surface area contributed by atoms with Gasteiger partial charge in [0.2, 0.25) is 0 Å². The molecule has 1 unspecified atom stereocenters. The second kappa shape index (κ2) is 7.11. The first-order chi connectivity index (χ1) is 11.4. The molecular weight excluding hydrogens is 328 g/mol. The van der Waals surface area contributed by atoms with Crippen molar-refractivity contribution < 1.29 is 13.2 Å². The minimum Gasteiger partial charge on any atom is -0.378 e. The van der Waals surface area contributed by atoms with Crippen LogP contribution in [0.15, 0.2) is 0 Å². The summed E-state index contributed by atoms with van der Waals surface area (Å²) >= 11 is 0. The van der Waals surface area contributed by atoms with E-state index in [2.05, 4.69) is 5.10 Å². The van der Waals surface area contributed by atoms with Crippen molar-refractivity contribution in [3.8, 4) is 0 Å². The van der Waals surface area contributed by atoms with E-state index in [-0.39, 0.29) is 6.04 Å². The zero-order valence-electron chi connectivity index (χ0n) is 14.9. The van der Waals surface area contributed by atoms with Gasteiger partial charge in [-0.2, -0.15) is 22.1 Å². The summed E-state index contributed by atoms with van der Waals surface area (Å²) in [6.07, 6.45) is 4.11. The molecule has 0 amide bonds. The molecule has 24 heavy (non-hydrogen) atoms. The van der Waals surface area contributed by atoms with Gasteiger partial charge in [0.25, 0.3) is 10.2 Å². The predicted octanol–water partition coefficient (Wildman–Crippen LogP) is 1.53. The lowest BCUT2D eigenvalue weighted by Crippen LogP contribution is -2.50. The molecule has 3 rings (SSSR count). The SMILES string of the molecule is Cc1nn(C)c(C)c1C1COCCN1S(=O)(=O)N1CCCCCC1. The highest BCUT2D eigenvalue weighted by molar-refractivity contribution is 7.86. The summed E-state index contributed by atoms with van der Waals surface area (Å²) in [4.78, 5) is 0. The molecule has 0 radical (unpaired) electrons. The lowest BCUT2D eigenvalue weighted by Gasteiger charge is -2.38. The van der Waals surface area contributed by atoms with Gasteiger partial charge in [-0.15, -0.1) is 0 Å². The Labute approximate surface area is 144 Å². The average molecular weight is 356 g/mol. The van der Waals surface area contributed by atoms with Crippen LogP contribution in [-0.4, -0.2) is 59.7 Å². The lowest BCUT2D eigenvalue weighted by molar-refractivity contribution is 0.0287. The summed E-state index contributed by atoms with van der Waals surface area (Å²) in [5.74, 6) is 0. The molecule has 2 aliphatic heterocycles. The number of hydrogen-bond donors (Lipinski definition) is 0. The maximum absolute atomic E-state index is 13.3. The van der Waals surface area contributed by atoms with Crippen LogP contribution >= 0.6 is 0 Å². The van der Waals surface area contributed by atoms with Crippen LogP contribution in [0.1, 0.15) is 48.7 Å². The number of hydrogen-bond acceptors (Lipinski definition) is 4. The summed E-state index contributed by atoms with van der Waals surface area (Å²) in [6.45, 7) is 6.41. The fourth-order valence-corrected chi connectivity index (χ4v) is 5.59. The van der Waals surface area contributed by atoms with E-state index in [1.54, 1.807) is 8.61 Å². The Morgan fingerprint density at radius 3 is 2.33 bits per heavy atom. The van der Waals surface area contributed by atoms with Crippen LogP contribution in [0.4, 0.5) is 0 Å². The van der Waals surface area contributed by atoms with Gasteiger partial charge in [0.05, 0.1) is 24.9 Å². The van der Waals surface area contributed by atoms with Crippen molar-refractivity contribution in [2.75, 3.05) is 32.8 Å². The van der Waals surface area contributed by atoms with Gasteiger partial charge in [0.15, 0.2) is 0 Å². The van der Waals surface area contributed by atoms with E-state index in [0.717, 1.165) is 42.6 Å². The Morgan fingerprint density at radius 2 is 1.75 bits per heavy atom. The summed E-state index contributed by atoms with van der Waals surface area (Å²) in [5.41, 5.74) is 2.86. The molecule has 0 bridgehead atoms. The standard InChI is InChI=1S/C16H28N4O3S/c1-13-16(14(2)18(3)17-13)15-12-23-11-10-20(15)24(21,22)19-8-6-4-5-7-9-19/h15H,4-12H2,1-3H3. The van der Waals surface area contributed by atoms with Crippen LogP contribution in [0, 0.1) is 13.8 Å². The molecule has 0 N–H and O–H groups in total. The second-order valence-corrected chi connectivity index (χ2v) is 8.61. The third kappa shape index (κ3) is 3.24. The number of aryl methyl sites for hydroxylation is 2. The summed E-state index contributed by atoms with van der Waals surface area (Å²) in [6, 6.07) is -0.291. The highest BCUT2D eigenvalue weighted by Gasteiger charge is 2.39. The molecule has 2 aliphatic rings. The Kier molecular flexibility index (Phi) is 5.29. The average Bonchev–Trinajstić information content (AvgIpc) is 2.77. The van der Waals surface area contributed by atoms with Crippen molar-refractivity contribution in [1.82, 2.24) is 18.4 Å². The minimum atomic E-state index is -3.48. The van der Waals surface area contributed by atoms with Gasteiger partial charge in [0.1, 0.15) is 0 Å². The third-order valence-electron chi connectivity index (χ3n) is 5.17. The number of nitrogens with zero attached hydrogens (tertiary/aromatic N) is 4. The molecule has 0 saturated carbocycles. The molecule has 1 aromatic rings. The fourth-order valence-electron chi connectivity index (χ4n) is 3.78. The van der Waals surface area contributed by atoms with Gasteiger partial charge in [-0.25, -0.2) is 0 Å². The molecule has 3 heterocycles. The van der Waals surface area contributed by atoms with Crippen molar-refractivity contribution in [2.24, 2.45) is 7.05 Å². The Bertz CT molecular complexity index is 678. The summed E-state index contributed by atoms with van der Waals surface area (Å²) in [5, 5.41) is 4.46. The lowest BCUT2D eigenvalue weighted by atomic mass is 10.0. The Hall–Kier alpha value is -0.960. The molecule has 0 aliphatic carbocycles. The van der Waals surface area contributed by atoms with Gasteiger partial charge >= 0.3 is 0 Å². The first kappa shape index (κ1) is 17.8. The van der Waals surface area contributed by atoms with E-state index in [0.29, 0.717) is 32.8 Å². The first-order valence-electron chi connectivity index (χ1n) is 8.77. The van der Waals surface area contributed by atoms with Gasteiger partial charge in [-0.3, -0.25) is 4.68 Å². The normalized spacial score (nSPS) is 24.9. The number of ether oxygens (including phenoxy) is 1. The minimum absolute atomic E-state index is 0.291. The third-order valence-corrected chi connectivity index (χ3v) is 7.21. The van der Waals surface area contributed by atoms with Crippen molar-refractivity contribution in [3.63, 3.8) is 0 Å². The van der Waals surface area contributed by atoms with E-state index >= 15 is 0 Å². The van der Waals surface area contributed by atoms with Crippen LogP contribution < -0.4 is 0 Å². The highest BCUT2D eigenvalue weighted by Crippen LogP contribution is 2.32. The van der Waals surface area contributed by atoms with Crippen LogP contribution in [-0.2, 0) is 22.0 Å². The molecule has 0 aromatic carbocycles. The molecule has 2 fully saturated rings. The van der Waals surface area contributed by atoms with Gasteiger partial charge < -0.3 is 4.74 Å². The van der Waals surface area contributed by atoms with Crippen molar-refractivity contribution in [2.45, 2.75) is 45.6 Å². The number of morpholine rings is 1. The zero-order chi connectivity index (χ0) is 17.3. The van der Waals surface area contributed by atoms with Crippen molar-refractivity contribution >= 4 is 10.2 Å². The molecule has 2 saturated heterocycles. The molecule has 136 valence electrons. The molecule has 8 heteroatoms. The zero-order valence-corrected chi connectivity index (χ0v) is 15.7. The van der Waals surface area contributed by atoms with Crippen LogP contribution in [0.2, 0.25) is 0 Å². The van der Waals surface area contributed by atoms with E-state index in [4.69, 9.17) is 4.74 Å². The van der Waals surface area contributed by atoms with Crippen LogP contribution in [0.5, 0.6) is 0 Å². The number of aromatic nitrogens is 2. The van der Waals surface area contributed by atoms with Gasteiger partial charge in [-0.05, 0) is 26.7 Å². The Balaban J connectivity index is 1.94. The highest BCUT2D eigenvalue weighted by atomic mass is 32.2. The topological polar surface area (TPSA) is 67.7 Å². The molecule has 1 aromatic heterocycles. The van der Waals surface area contributed by atoms with Crippen LogP contribution in [0.3, 0.4) is 0 Å². The quantitative estimate of drug-likeness (QED) is 0.824. The number of rotatable bonds is 3. The van der Waals surface area contributed by atoms with E-state index in [1.165, 1.54) is 0 Å². The maximum atomic E-state index is 13.3. The molecule has 0 spiro atoms. The van der Waals surface area contributed by atoms with E-state index in [1.807, 2.05) is 25.6 Å². The molecule has 7 nitrogen and oxygen atoms in total. The van der Waals surface area contributed by atoms with Gasteiger partial charge in [-0.1, -0.05) is 12.8 Å². The second-order valence-electron chi connectivity index (χ2n) is 6.73. The van der Waals surface area contributed by atoms with E-state index < -0.39 is 10.2 Å². The Morgan fingerprint density at radius 1 is 1.08 bits per heavy atom. The van der Waals surface area contributed by atoms with Crippen LogP contribution in [0.25, 0.3) is 0 Å². The predicted molar refractivity (Wildman–Crippen MR) is 91.9 cm³/mol. The molecular formula is C16H28N4O3S.